The fourth-order valence-electron chi connectivity index (χ4n) is 2.65. The Morgan fingerprint density at radius 1 is 1.35 bits per heavy atom. The number of likely N-dealkylation sites (N-methyl/N-ethyl adjacent to an activating group) is 1. The first-order chi connectivity index (χ1) is 9.56. The lowest BCUT2D eigenvalue weighted by Crippen LogP contribution is -2.52. The highest BCUT2D eigenvalue weighted by atomic mass is 19.1. The summed E-state index contributed by atoms with van der Waals surface area (Å²) in [6.07, 6.45) is 0. The second-order valence-corrected chi connectivity index (χ2v) is 5.82. The maximum Gasteiger partial charge on any atom is 0.142 e. The summed E-state index contributed by atoms with van der Waals surface area (Å²) < 4.78 is 18.6. The summed E-state index contributed by atoms with van der Waals surface area (Å²) in [4.78, 5) is 4.32. The molecule has 112 valence electrons. The van der Waals surface area contributed by atoms with E-state index < -0.39 is 0 Å². The largest absolute Gasteiger partial charge is 0.495 e. The molecule has 0 aliphatic carbocycles. The smallest absolute Gasteiger partial charge is 0.142 e. The van der Waals surface area contributed by atoms with Crippen molar-refractivity contribution in [3.05, 3.63) is 23.8 Å². The Bertz CT molecular complexity index is 450. The predicted octanol–water partition coefficient (Wildman–Crippen LogP) is 2.91. The van der Waals surface area contributed by atoms with Crippen molar-refractivity contribution in [2.45, 2.75) is 25.8 Å². The maximum absolute atomic E-state index is 13.1. The summed E-state index contributed by atoms with van der Waals surface area (Å²) >= 11 is 0. The average Bonchev–Trinajstić information content (AvgIpc) is 2.47. The van der Waals surface area contributed by atoms with Gasteiger partial charge in [-0.2, -0.15) is 0 Å². The van der Waals surface area contributed by atoms with Gasteiger partial charge in [-0.15, -0.1) is 0 Å². The number of anilines is 1. The van der Waals surface area contributed by atoms with Gasteiger partial charge in [-0.1, -0.05) is 19.9 Å². The van der Waals surface area contributed by atoms with Gasteiger partial charge >= 0.3 is 0 Å². The molecule has 0 spiro atoms. The van der Waals surface area contributed by atoms with E-state index in [1.165, 1.54) is 5.56 Å². The molecule has 0 saturated carbocycles. The quantitative estimate of drug-likeness (QED) is 0.843. The summed E-state index contributed by atoms with van der Waals surface area (Å²) in [5, 5.41) is 0. The number of ether oxygens (including phenoxy) is 1. The van der Waals surface area contributed by atoms with Gasteiger partial charge in [0.2, 0.25) is 0 Å². The van der Waals surface area contributed by atoms with Gasteiger partial charge in [0.25, 0.3) is 0 Å². The standard InChI is InChI=1S/C16H25FN2O/c1-12(2)13-5-6-15(16(9-13)20-4)19-8-7-18(3)14(10-17)11-19/h5-6,9,12,14H,7-8,10-11H2,1-4H3. The van der Waals surface area contributed by atoms with E-state index in [1.54, 1.807) is 7.11 Å². The van der Waals surface area contributed by atoms with Gasteiger partial charge in [0.05, 0.1) is 18.8 Å². The molecule has 3 nitrogen and oxygen atoms in total. The zero-order chi connectivity index (χ0) is 14.7. The van der Waals surface area contributed by atoms with Crippen molar-refractivity contribution in [2.75, 3.05) is 45.4 Å². The van der Waals surface area contributed by atoms with Crippen LogP contribution in [0.1, 0.15) is 25.3 Å². The van der Waals surface area contributed by atoms with Crippen LogP contribution in [0.5, 0.6) is 5.75 Å². The van der Waals surface area contributed by atoms with Crippen LogP contribution in [0.15, 0.2) is 18.2 Å². The van der Waals surface area contributed by atoms with E-state index in [2.05, 4.69) is 41.8 Å². The van der Waals surface area contributed by atoms with Gasteiger partial charge in [0, 0.05) is 19.6 Å². The Kier molecular flexibility index (Phi) is 4.86. The fraction of sp³-hybridized carbons (Fsp3) is 0.625. The number of nitrogens with zero attached hydrogens (tertiary/aromatic N) is 2. The van der Waals surface area contributed by atoms with E-state index in [-0.39, 0.29) is 12.7 Å². The minimum atomic E-state index is -0.306. The summed E-state index contributed by atoms with van der Waals surface area (Å²) in [6, 6.07) is 6.32. The van der Waals surface area contributed by atoms with E-state index in [9.17, 15) is 4.39 Å². The summed E-state index contributed by atoms with van der Waals surface area (Å²) in [7, 11) is 3.69. The molecule has 1 aromatic rings. The van der Waals surface area contributed by atoms with Crippen LogP contribution in [0.4, 0.5) is 10.1 Å². The van der Waals surface area contributed by atoms with Gasteiger partial charge < -0.3 is 9.64 Å². The predicted molar refractivity (Wildman–Crippen MR) is 81.7 cm³/mol. The van der Waals surface area contributed by atoms with Crippen molar-refractivity contribution in [3.8, 4) is 5.75 Å². The number of halogens is 1. The van der Waals surface area contributed by atoms with E-state index in [0.29, 0.717) is 12.5 Å². The second-order valence-electron chi connectivity index (χ2n) is 5.82. The Morgan fingerprint density at radius 3 is 2.70 bits per heavy atom. The molecule has 1 aliphatic rings. The van der Waals surface area contributed by atoms with E-state index in [4.69, 9.17) is 4.74 Å². The molecule has 1 heterocycles. The molecular weight excluding hydrogens is 255 g/mol. The lowest BCUT2D eigenvalue weighted by atomic mass is 10.0. The van der Waals surface area contributed by atoms with Crippen LogP contribution in [0, 0.1) is 0 Å². The first-order valence-corrected chi connectivity index (χ1v) is 7.26. The monoisotopic (exact) mass is 280 g/mol. The molecule has 2 rings (SSSR count). The minimum absolute atomic E-state index is 0.0294. The molecule has 1 aromatic carbocycles. The first-order valence-electron chi connectivity index (χ1n) is 7.26. The third kappa shape index (κ3) is 3.06. The zero-order valence-corrected chi connectivity index (χ0v) is 12.9. The molecule has 0 radical (unpaired) electrons. The zero-order valence-electron chi connectivity index (χ0n) is 12.9. The molecule has 4 heteroatoms. The average molecular weight is 280 g/mol. The number of rotatable bonds is 4. The van der Waals surface area contributed by atoms with Crippen molar-refractivity contribution in [2.24, 2.45) is 0 Å². The highest BCUT2D eigenvalue weighted by Crippen LogP contribution is 2.32. The molecule has 1 unspecified atom stereocenters. The van der Waals surface area contributed by atoms with Crippen molar-refractivity contribution in [1.82, 2.24) is 4.90 Å². The Balaban J connectivity index is 2.23. The summed E-state index contributed by atoms with van der Waals surface area (Å²) in [5.74, 6) is 1.36. The van der Waals surface area contributed by atoms with Crippen LogP contribution in [-0.2, 0) is 0 Å². The molecule has 1 fully saturated rings. The molecule has 20 heavy (non-hydrogen) atoms. The van der Waals surface area contributed by atoms with E-state index >= 15 is 0 Å². The van der Waals surface area contributed by atoms with Crippen LogP contribution >= 0.6 is 0 Å². The third-order valence-corrected chi connectivity index (χ3v) is 4.17. The number of hydrogen-bond acceptors (Lipinski definition) is 3. The Morgan fingerprint density at radius 2 is 2.10 bits per heavy atom. The normalized spacial score (nSPS) is 20.5. The summed E-state index contributed by atoms with van der Waals surface area (Å²) in [5.41, 5.74) is 2.34. The van der Waals surface area contributed by atoms with Crippen molar-refractivity contribution >= 4 is 5.69 Å². The third-order valence-electron chi connectivity index (χ3n) is 4.17. The molecule has 1 aliphatic heterocycles. The van der Waals surface area contributed by atoms with Gasteiger partial charge in [-0.3, -0.25) is 4.90 Å². The van der Waals surface area contributed by atoms with E-state index in [1.807, 2.05) is 7.05 Å². The van der Waals surface area contributed by atoms with Crippen LogP contribution in [0.25, 0.3) is 0 Å². The van der Waals surface area contributed by atoms with Crippen LogP contribution in [0.2, 0.25) is 0 Å². The van der Waals surface area contributed by atoms with Crippen LogP contribution < -0.4 is 9.64 Å². The molecule has 0 amide bonds. The lowest BCUT2D eigenvalue weighted by molar-refractivity contribution is 0.183. The number of alkyl halides is 1. The van der Waals surface area contributed by atoms with E-state index in [0.717, 1.165) is 24.5 Å². The maximum atomic E-state index is 13.1. The lowest BCUT2D eigenvalue weighted by Gasteiger charge is -2.39. The fourth-order valence-corrected chi connectivity index (χ4v) is 2.65. The van der Waals surface area contributed by atoms with Gasteiger partial charge in [0.15, 0.2) is 0 Å². The number of methoxy groups -OCH3 is 1. The highest BCUT2D eigenvalue weighted by molar-refractivity contribution is 5.60. The van der Waals surface area contributed by atoms with Crippen molar-refractivity contribution in [3.63, 3.8) is 0 Å². The molecule has 0 N–H and O–H groups in total. The number of piperazine rings is 1. The molecular formula is C16H25FN2O. The van der Waals surface area contributed by atoms with Gasteiger partial charge in [-0.05, 0) is 30.7 Å². The SMILES string of the molecule is COc1cc(C(C)C)ccc1N1CCN(C)C(CF)C1. The van der Waals surface area contributed by atoms with Gasteiger partial charge in [0.1, 0.15) is 12.4 Å². The molecule has 0 aromatic heterocycles. The topological polar surface area (TPSA) is 15.7 Å². The van der Waals surface area contributed by atoms with Crippen molar-refractivity contribution < 1.29 is 9.13 Å². The first kappa shape index (κ1) is 15.1. The number of benzene rings is 1. The van der Waals surface area contributed by atoms with Gasteiger partial charge in [-0.25, -0.2) is 4.39 Å². The van der Waals surface area contributed by atoms with Crippen LogP contribution in [0.3, 0.4) is 0 Å². The summed E-state index contributed by atoms with van der Waals surface area (Å²) in [6.45, 7) is 6.53. The van der Waals surface area contributed by atoms with Crippen molar-refractivity contribution in [1.29, 1.82) is 0 Å². The minimum Gasteiger partial charge on any atom is -0.495 e. The Labute approximate surface area is 121 Å². The highest BCUT2D eigenvalue weighted by Gasteiger charge is 2.26. The molecule has 1 saturated heterocycles. The van der Waals surface area contributed by atoms with Crippen LogP contribution in [-0.4, -0.2) is 51.4 Å². The number of hydrogen-bond donors (Lipinski definition) is 0. The second kappa shape index (κ2) is 6.44. The molecule has 1 atom stereocenters. The molecule has 0 bridgehead atoms. The Hall–Kier alpha value is -1.29.